The smallest absolute Gasteiger partial charge is 0.202 e. The van der Waals surface area contributed by atoms with Gasteiger partial charge in [-0.15, -0.1) is 0 Å². The molecule has 3 unspecified atom stereocenters. The number of carbonyl (C=O) groups is 2. The Morgan fingerprint density at radius 1 is 1.15 bits per heavy atom. The van der Waals surface area contributed by atoms with E-state index in [9.17, 15) is 30.0 Å². The van der Waals surface area contributed by atoms with E-state index in [0.717, 1.165) is 0 Å². The zero-order valence-corrected chi connectivity index (χ0v) is 13.6. The second kappa shape index (κ2) is 5.19. The number of carbonyl (C=O) groups excluding carboxylic acids is 2. The average molecular weight is 353 g/mol. The lowest BCUT2D eigenvalue weighted by Gasteiger charge is -2.45. The molecule has 1 aromatic carbocycles. The highest BCUT2D eigenvalue weighted by Crippen LogP contribution is 2.51. The van der Waals surface area contributed by atoms with E-state index in [1.54, 1.807) is 12.1 Å². The molecule has 4 rings (SSSR count). The van der Waals surface area contributed by atoms with Gasteiger partial charge < -0.3 is 20.4 Å². The Morgan fingerprint density at radius 3 is 2.58 bits per heavy atom. The lowest BCUT2D eigenvalue weighted by molar-refractivity contribution is -0.147. The summed E-state index contributed by atoms with van der Waals surface area (Å²) in [6.45, 7) is 0. The van der Waals surface area contributed by atoms with Crippen molar-refractivity contribution in [3.05, 3.63) is 46.2 Å². The second-order valence-electron chi connectivity index (χ2n) is 6.97. The van der Waals surface area contributed by atoms with Crippen LogP contribution in [-0.4, -0.2) is 37.6 Å². The van der Waals surface area contributed by atoms with Gasteiger partial charge in [-0.05, 0) is 30.4 Å². The molecule has 0 heterocycles. The fraction of sp³-hybridized carbons (Fsp3) is 0.316. The summed E-state index contributed by atoms with van der Waals surface area (Å²) in [5, 5.41) is 51.0. The molecular formula is C19H15NO6. The van der Waals surface area contributed by atoms with Gasteiger partial charge >= 0.3 is 0 Å². The van der Waals surface area contributed by atoms with Gasteiger partial charge in [0, 0.05) is 17.9 Å². The van der Waals surface area contributed by atoms with Gasteiger partial charge in [-0.3, -0.25) is 9.59 Å². The summed E-state index contributed by atoms with van der Waals surface area (Å²) in [5.74, 6) is -4.45. The molecule has 1 aromatic rings. The van der Waals surface area contributed by atoms with Crippen LogP contribution in [0.1, 0.15) is 24.0 Å². The van der Waals surface area contributed by atoms with Crippen molar-refractivity contribution in [2.75, 3.05) is 0 Å². The Bertz CT molecular complexity index is 982. The highest BCUT2D eigenvalue weighted by molar-refractivity contribution is 6.13. The number of hydrogen-bond donors (Lipinski definition) is 4. The molecule has 0 saturated heterocycles. The summed E-state index contributed by atoms with van der Waals surface area (Å²) < 4.78 is 0. The molecule has 7 nitrogen and oxygen atoms in total. The normalized spacial score (nSPS) is 30.5. The van der Waals surface area contributed by atoms with E-state index < -0.39 is 46.1 Å². The molecule has 3 atom stereocenters. The van der Waals surface area contributed by atoms with Crippen LogP contribution in [0.2, 0.25) is 0 Å². The summed E-state index contributed by atoms with van der Waals surface area (Å²) in [7, 11) is 0. The standard InChI is InChI=1S/C19H15NO6/c20-7-11-13(22)6-10-5-9-4-8-2-1-3-12(21)14(8)16(23)15(9)18(25)19(10,26)17(11)24/h1-3,9-10,21,23-24,26H,4-6H2. The van der Waals surface area contributed by atoms with Crippen LogP contribution in [0, 0.1) is 23.2 Å². The van der Waals surface area contributed by atoms with Crippen LogP contribution in [0.15, 0.2) is 35.1 Å². The van der Waals surface area contributed by atoms with E-state index in [1.807, 2.05) is 0 Å². The monoisotopic (exact) mass is 353 g/mol. The fourth-order valence-corrected chi connectivity index (χ4v) is 4.42. The Balaban J connectivity index is 1.94. The first kappa shape index (κ1) is 16.4. The third-order valence-corrected chi connectivity index (χ3v) is 5.67. The Hall–Kier alpha value is -3.11. The van der Waals surface area contributed by atoms with Gasteiger partial charge in [-0.25, -0.2) is 0 Å². The summed E-state index contributed by atoms with van der Waals surface area (Å²) in [6, 6.07) is 6.28. The molecule has 7 heteroatoms. The first-order chi connectivity index (χ1) is 12.3. The summed E-state index contributed by atoms with van der Waals surface area (Å²) in [4.78, 5) is 25.1. The van der Waals surface area contributed by atoms with E-state index in [-0.39, 0.29) is 29.7 Å². The largest absolute Gasteiger partial charge is 0.507 e. The van der Waals surface area contributed by atoms with Crippen molar-refractivity contribution < 1.29 is 30.0 Å². The van der Waals surface area contributed by atoms with Crippen LogP contribution >= 0.6 is 0 Å². The van der Waals surface area contributed by atoms with Crippen LogP contribution in [-0.2, 0) is 16.0 Å². The first-order valence-electron chi connectivity index (χ1n) is 8.19. The van der Waals surface area contributed by atoms with Crippen molar-refractivity contribution >= 4 is 17.3 Å². The minimum Gasteiger partial charge on any atom is -0.507 e. The van der Waals surface area contributed by atoms with Crippen LogP contribution in [0.4, 0.5) is 0 Å². The molecule has 4 N–H and O–H groups in total. The van der Waals surface area contributed by atoms with Crippen molar-refractivity contribution in [2.45, 2.75) is 24.9 Å². The number of aliphatic hydroxyl groups is 3. The number of allylic oxidation sites excluding steroid dienone is 1. The fourth-order valence-electron chi connectivity index (χ4n) is 4.42. The Morgan fingerprint density at radius 2 is 1.88 bits per heavy atom. The van der Waals surface area contributed by atoms with Crippen molar-refractivity contribution in [3.8, 4) is 11.8 Å². The average Bonchev–Trinajstić information content (AvgIpc) is 2.58. The quantitative estimate of drug-likeness (QED) is 0.554. The number of nitriles is 1. The number of fused-ring (bicyclic) bond motifs is 3. The van der Waals surface area contributed by atoms with E-state index in [0.29, 0.717) is 12.0 Å². The molecule has 0 amide bonds. The molecule has 0 radical (unpaired) electrons. The molecular weight excluding hydrogens is 338 g/mol. The third-order valence-electron chi connectivity index (χ3n) is 5.67. The van der Waals surface area contributed by atoms with Crippen LogP contribution < -0.4 is 0 Å². The number of nitrogens with zero attached hydrogens (tertiary/aromatic N) is 1. The number of phenolic OH excluding ortho intramolecular Hbond substituents is 1. The molecule has 1 fully saturated rings. The molecule has 0 spiro atoms. The van der Waals surface area contributed by atoms with Crippen LogP contribution in [0.3, 0.4) is 0 Å². The molecule has 26 heavy (non-hydrogen) atoms. The predicted molar refractivity (Wildman–Crippen MR) is 87.8 cm³/mol. The number of benzene rings is 1. The Kier molecular flexibility index (Phi) is 3.27. The molecule has 0 aromatic heterocycles. The first-order valence-corrected chi connectivity index (χ1v) is 8.19. The highest BCUT2D eigenvalue weighted by Gasteiger charge is 2.59. The van der Waals surface area contributed by atoms with Crippen molar-refractivity contribution in [1.82, 2.24) is 0 Å². The number of ketones is 2. The SMILES string of the molecule is N#CC1=C(O)C2(O)C(=O)C3=C(O)c4c(O)cccc4CC3CC2CC1=O. The maximum absolute atomic E-state index is 13.1. The number of phenols is 1. The number of Topliss-reactive ketones (excluding diaryl/α,β-unsaturated/α-hetero) is 2. The maximum Gasteiger partial charge on any atom is 0.202 e. The topological polar surface area (TPSA) is 139 Å². The van der Waals surface area contributed by atoms with Crippen molar-refractivity contribution in [2.24, 2.45) is 11.8 Å². The zero-order chi connectivity index (χ0) is 18.8. The molecule has 1 saturated carbocycles. The molecule has 0 aliphatic heterocycles. The highest BCUT2D eigenvalue weighted by atomic mass is 16.3. The summed E-state index contributed by atoms with van der Waals surface area (Å²) >= 11 is 0. The van der Waals surface area contributed by atoms with E-state index in [1.165, 1.54) is 12.1 Å². The Labute approximate surface area is 148 Å². The van der Waals surface area contributed by atoms with Crippen LogP contribution in [0.25, 0.3) is 5.76 Å². The number of aromatic hydroxyl groups is 1. The zero-order valence-electron chi connectivity index (χ0n) is 13.6. The van der Waals surface area contributed by atoms with Crippen molar-refractivity contribution in [3.63, 3.8) is 0 Å². The van der Waals surface area contributed by atoms with Gasteiger partial charge in [0.1, 0.15) is 23.2 Å². The minimum atomic E-state index is -2.42. The lowest BCUT2D eigenvalue weighted by atomic mass is 9.59. The van der Waals surface area contributed by atoms with Crippen LogP contribution in [0.5, 0.6) is 5.75 Å². The third kappa shape index (κ3) is 1.85. The van der Waals surface area contributed by atoms with E-state index in [2.05, 4.69) is 0 Å². The van der Waals surface area contributed by atoms with Crippen molar-refractivity contribution in [1.29, 1.82) is 5.26 Å². The number of rotatable bonds is 0. The minimum absolute atomic E-state index is 0.0871. The number of hydrogen-bond acceptors (Lipinski definition) is 7. The van der Waals surface area contributed by atoms with E-state index in [4.69, 9.17) is 5.26 Å². The number of aliphatic hydroxyl groups excluding tert-OH is 2. The predicted octanol–water partition coefficient (Wildman–Crippen LogP) is 1.46. The molecule has 0 bridgehead atoms. The molecule has 132 valence electrons. The maximum atomic E-state index is 13.1. The van der Waals surface area contributed by atoms with Gasteiger partial charge in [0.2, 0.25) is 5.78 Å². The lowest BCUT2D eigenvalue weighted by Crippen LogP contribution is -2.57. The molecule has 3 aliphatic rings. The van der Waals surface area contributed by atoms with Gasteiger partial charge in [0.25, 0.3) is 0 Å². The van der Waals surface area contributed by atoms with Gasteiger partial charge in [-0.1, -0.05) is 12.1 Å². The van der Waals surface area contributed by atoms with Gasteiger partial charge in [0.15, 0.2) is 17.1 Å². The van der Waals surface area contributed by atoms with E-state index >= 15 is 0 Å². The second-order valence-corrected chi connectivity index (χ2v) is 6.97. The summed E-state index contributed by atoms with van der Waals surface area (Å²) in [6.07, 6.45) is 0.309. The van der Waals surface area contributed by atoms with Gasteiger partial charge in [-0.2, -0.15) is 5.26 Å². The van der Waals surface area contributed by atoms with Gasteiger partial charge in [0.05, 0.1) is 5.56 Å². The molecule has 3 aliphatic carbocycles. The summed E-state index contributed by atoms with van der Waals surface area (Å²) in [5.41, 5.74) is -2.34.